The van der Waals surface area contributed by atoms with Crippen molar-refractivity contribution in [3.05, 3.63) is 53.0 Å². The molecule has 2 rings (SSSR count). The Hall–Kier alpha value is -1.50. The molecule has 0 bridgehead atoms. The van der Waals surface area contributed by atoms with Gasteiger partial charge < -0.3 is 15.5 Å². The molecule has 0 amide bonds. The molecule has 2 aromatic rings. The predicted octanol–water partition coefficient (Wildman–Crippen LogP) is 3.75. The Bertz CT molecular complexity index is 585. The highest BCUT2D eigenvalue weighted by Gasteiger charge is 2.01. The van der Waals surface area contributed by atoms with Crippen LogP contribution < -0.4 is 11.1 Å². The second-order valence-corrected chi connectivity index (χ2v) is 4.73. The number of aryl methyl sites for hydroxylation is 3. The molecule has 1 aromatic heterocycles. The number of benzene rings is 1. The van der Waals surface area contributed by atoms with E-state index < -0.39 is 0 Å². The van der Waals surface area contributed by atoms with Gasteiger partial charge in [-0.15, -0.1) is 24.0 Å². The van der Waals surface area contributed by atoms with E-state index in [1.807, 2.05) is 25.1 Å². The van der Waals surface area contributed by atoms with Crippen LogP contribution in [0.25, 0.3) is 0 Å². The molecule has 20 heavy (non-hydrogen) atoms. The number of furan rings is 1. The van der Waals surface area contributed by atoms with E-state index in [1.54, 1.807) is 6.26 Å². The maximum atomic E-state index is 5.87. The van der Waals surface area contributed by atoms with Crippen LogP contribution in [0.15, 0.2) is 39.9 Å². The lowest BCUT2D eigenvalue weighted by molar-refractivity contribution is 0.510. The number of nitrogens with one attached hydrogen (secondary N) is 1. The Morgan fingerprint density at radius 1 is 1.20 bits per heavy atom. The van der Waals surface area contributed by atoms with Crippen LogP contribution >= 0.6 is 24.0 Å². The number of nitrogens with zero attached hydrogens (tertiary/aromatic N) is 1. The summed E-state index contributed by atoms with van der Waals surface area (Å²) in [6.45, 7) is 6.54. The molecule has 3 N–H and O–H groups in total. The van der Waals surface area contributed by atoms with E-state index in [0.29, 0.717) is 12.5 Å². The molecule has 1 aromatic carbocycles. The van der Waals surface area contributed by atoms with E-state index in [4.69, 9.17) is 10.2 Å². The van der Waals surface area contributed by atoms with Crippen LogP contribution in [0.2, 0.25) is 0 Å². The molecule has 0 saturated carbocycles. The summed E-state index contributed by atoms with van der Waals surface area (Å²) in [5.41, 5.74) is 10.3. The first kappa shape index (κ1) is 16.6. The van der Waals surface area contributed by atoms with Gasteiger partial charge in [-0.25, -0.2) is 4.99 Å². The first-order valence-electron chi connectivity index (χ1n) is 6.23. The minimum Gasteiger partial charge on any atom is -0.467 e. The second-order valence-electron chi connectivity index (χ2n) is 4.73. The Labute approximate surface area is 136 Å². The fourth-order valence-electron chi connectivity index (χ4n) is 1.96. The zero-order chi connectivity index (χ0) is 13.8. The third-order valence-corrected chi connectivity index (χ3v) is 2.86. The van der Waals surface area contributed by atoms with Crippen molar-refractivity contribution in [3.8, 4) is 0 Å². The summed E-state index contributed by atoms with van der Waals surface area (Å²) < 4.78 is 5.31. The van der Waals surface area contributed by atoms with Crippen LogP contribution in [0.5, 0.6) is 0 Å². The molecule has 0 radical (unpaired) electrons. The van der Waals surface area contributed by atoms with Crippen LogP contribution in [0, 0.1) is 20.8 Å². The molecule has 0 atom stereocenters. The van der Waals surface area contributed by atoms with Crippen LogP contribution in [0.1, 0.15) is 22.5 Å². The zero-order valence-corrected chi connectivity index (χ0v) is 14.3. The standard InChI is InChI=1S/C15H19N3O.HI/c1-10-6-11(2)8-13(7-10)18-15(16)17-9-14-12(3)4-5-19-14;/h4-8H,9H2,1-3H3,(H3,16,17,18);1H. The van der Waals surface area contributed by atoms with Crippen molar-refractivity contribution in [1.29, 1.82) is 0 Å². The normalized spacial score (nSPS) is 11.1. The molecule has 0 aliphatic heterocycles. The Balaban J connectivity index is 0.00000200. The van der Waals surface area contributed by atoms with Gasteiger partial charge in [-0.1, -0.05) is 6.07 Å². The van der Waals surface area contributed by atoms with Crippen molar-refractivity contribution in [1.82, 2.24) is 0 Å². The fraction of sp³-hybridized carbons (Fsp3) is 0.267. The van der Waals surface area contributed by atoms with Gasteiger partial charge in [0, 0.05) is 5.69 Å². The molecule has 0 spiro atoms. The Morgan fingerprint density at radius 2 is 1.85 bits per heavy atom. The predicted molar refractivity (Wildman–Crippen MR) is 93.7 cm³/mol. The highest BCUT2D eigenvalue weighted by molar-refractivity contribution is 14.0. The Morgan fingerprint density at radius 3 is 2.40 bits per heavy atom. The van der Waals surface area contributed by atoms with Gasteiger partial charge in [0.25, 0.3) is 0 Å². The second kappa shape index (κ2) is 7.33. The lowest BCUT2D eigenvalue weighted by Gasteiger charge is -2.07. The summed E-state index contributed by atoms with van der Waals surface area (Å²) in [4.78, 5) is 4.27. The average molecular weight is 385 g/mol. The average Bonchev–Trinajstić information content (AvgIpc) is 2.71. The lowest BCUT2D eigenvalue weighted by atomic mass is 10.1. The quantitative estimate of drug-likeness (QED) is 0.481. The monoisotopic (exact) mass is 385 g/mol. The number of anilines is 1. The van der Waals surface area contributed by atoms with Gasteiger partial charge in [-0.3, -0.25) is 0 Å². The van der Waals surface area contributed by atoms with Crippen molar-refractivity contribution >= 4 is 35.6 Å². The van der Waals surface area contributed by atoms with E-state index in [0.717, 1.165) is 17.0 Å². The van der Waals surface area contributed by atoms with Crippen molar-refractivity contribution in [2.45, 2.75) is 27.3 Å². The van der Waals surface area contributed by atoms with Gasteiger partial charge in [0.15, 0.2) is 5.96 Å². The molecule has 1 heterocycles. The van der Waals surface area contributed by atoms with E-state index in [9.17, 15) is 0 Å². The summed E-state index contributed by atoms with van der Waals surface area (Å²) in [5, 5.41) is 3.09. The molecule has 4 nitrogen and oxygen atoms in total. The van der Waals surface area contributed by atoms with Gasteiger partial charge in [0.05, 0.1) is 6.26 Å². The van der Waals surface area contributed by atoms with Crippen molar-refractivity contribution in [2.24, 2.45) is 10.7 Å². The van der Waals surface area contributed by atoms with Crippen LogP contribution in [-0.4, -0.2) is 5.96 Å². The molecular weight excluding hydrogens is 365 g/mol. The molecule has 0 aliphatic carbocycles. The summed E-state index contributed by atoms with van der Waals surface area (Å²) in [6, 6.07) is 8.10. The number of halogens is 1. The molecule has 0 fully saturated rings. The fourth-order valence-corrected chi connectivity index (χ4v) is 1.96. The topological polar surface area (TPSA) is 63.5 Å². The van der Waals surface area contributed by atoms with Crippen molar-refractivity contribution in [2.75, 3.05) is 5.32 Å². The van der Waals surface area contributed by atoms with Gasteiger partial charge in [0.2, 0.25) is 0 Å². The molecular formula is C15H20IN3O. The van der Waals surface area contributed by atoms with Crippen molar-refractivity contribution < 1.29 is 4.42 Å². The maximum Gasteiger partial charge on any atom is 0.193 e. The lowest BCUT2D eigenvalue weighted by Crippen LogP contribution is -2.22. The smallest absolute Gasteiger partial charge is 0.193 e. The zero-order valence-electron chi connectivity index (χ0n) is 11.9. The largest absolute Gasteiger partial charge is 0.467 e. The summed E-state index contributed by atoms with van der Waals surface area (Å²) in [6.07, 6.45) is 1.66. The number of hydrogen-bond acceptors (Lipinski definition) is 2. The van der Waals surface area contributed by atoms with Crippen LogP contribution in [0.3, 0.4) is 0 Å². The Kier molecular flexibility index (Phi) is 6.06. The van der Waals surface area contributed by atoms with Gasteiger partial charge >= 0.3 is 0 Å². The molecule has 5 heteroatoms. The third-order valence-electron chi connectivity index (χ3n) is 2.86. The molecule has 0 unspecified atom stereocenters. The van der Waals surface area contributed by atoms with E-state index in [1.165, 1.54) is 11.1 Å². The summed E-state index contributed by atoms with van der Waals surface area (Å²) in [5.74, 6) is 1.23. The number of guanidine groups is 1. The summed E-state index contributed by atoms with van der Waals surface area (Å²) >= 11 is 0. The number of nitrogens with two attached hydrogens (primary N) is 1. The van der Waals surface area contributed by atoms with Gasteiger partial charge in [0.1, 0.15) is 12.3 Å². The highest BCUT2D eigenvalue weighted by atomic mass is 127. The van der Waals surface area contributed by atoms with Gasteiger partial charge in [-0.2, -0.15) is 0 Å². The molecule has 0 saturated heterocycles. The number of aliphatic imine (C=N–C) groups is 1. The van der Waals surface area contributed by atoms with Crippen molar-refractivity contribution in [3.63, 3.8) is 0 Å². The van der Waals surface area contributed by atoms with Crippen LogP contribution in [-0.2, 0) is 6.54 Å². The first-order chi connectivity index (χ1) is 9.04. The van der Waals surface area contributed by atoms with Gasteiger partial charge in [-0.05, 0) is 55.7 Å². The molecule has 108 valence electrons. The third kappa shape index (κ3) is 4.56. The van der Waals surface area contributed by atoms with E-state index >= 15 is 0 Å². The molecule has 0 aliphatic rings. The first-order valence-corrected chi connectivity index (χ1v) is 6.23. The summed E-state index contributed by atoms with van der Waals surface area (Å²) in [7, 11) is 0. The SMILES string of the molecule is Cc1cc(C)cc(NC(N)=NCc2occc2C)c1.I. The highest BCUT2D eigenvalue weighted by Crippen LogP contribution is 2.14. The number of rotatable bonds is 3. The minimum absolute atomic E-state index is 0. The van der Waals surface area contributed by atoms with Crippen LogP contribution in [0.4, 0.5) is 5.69 Å². The number of hydrogen-bond donors (Lipinski definition) is 2. The van der Waals surface area contributed by atoms with E-state index in [-0.39, 0.29) is 24.0 Å². The van der Waals surface area contributed by atoms with E-state index in [2.05, 4.69) is 30.2 Å². The minimum atomic E-state index is 0. The maximum absolute atomic E-state index is 5.87.